The average Bonchev–Trinajstić information content (AvgIpc) is 4.22. The van der Waals surface area contributed by atoms with E-state index in [2.05, 4.69) is 74.0 Å². The van der Waals surface area contributed by atoms with Gasteiger partial charge in [-0.3, -0.25) is 38.4 Å². The minimum atomic E-state index is -1.08. The smallest absolute Gasteiger partial charge is 0.291 e. The Morgan fingerprint density at radius 1 is 0.592 bits per heavy atom. The van der Waals surface area contributed by atoms with Crippen LogP contribution in [0.3, 0.4) is 0 Å². The van der Waals surface area contributed by atoms with E-state index in [1.165, 1.54) is 61.4 Å². The summed E-state index contributed by atoms with van der Waals surface area (Å²) in [6, 6.07) is 3.50. The maximum absolute atomic E-state index is 13.2. The van der Waals surface area contributed by atoms with Crippen LogP contribution in [0.4, 0.5) is 28.7 Å². The van der Waals surface area contributed by atoms with Gasteiger partial charge >= 0.3 is 0 Å². The lowest BCUT2D eigenvalue weighted by atomic mass is 10.2. The van der Waals surface area contributed by atoms with Crippen LogP contribution < -0.4 is 54.0 Å². The van der Waals surface area contributed by atoms with Crippen LogP contribution in [0.5, 0.6) is 0 Å². The number of aromatic nitrogens is 9. The third-order valence-electron chi connectivity index (χ3n) is 11.1. The molecule has 76 heavy (non-hydrogen) atoms. The highest BCUT2D eigenvalue weighted by Gasteiger charge is 2.22. The van der Waals surface area contributed by atoms with E-state index in [-0.39, 0.29) is 103 Å². The number of aryl methyl sites for hydroxylation is 6. The monoisotopic (exact) mass is 1050 g/mol. The summed E-state index contributed by atoms with van der Waals surface area (Å²) in [6.07, 6.45) is 12.1. The Morgan fingerprint density at radius 3 is 1.62 bits per heavy atom. The van der Waals surface area contributed by atoms with Crippen molar-refractivity contribution in [3.63, 3.8) is 0 Å². The van der Waals surface area contributed by atoms with Crippen molar-refractivity contribution < 1.29 is 38.4 Å². The van der Waals surface area contributed by atoms with E-state index in [0.717, 1.165) is 0 Å². The quantitative estimate of drug-likeness (QED) is 0.0305. The van der Waals surface area contributed by atoms with E-state index in [9.17, 15) is 38.4 Å². The van der Waals surface area contributed by atoms with Gasteiger partial charge in [0.2, 0.25) is 29.4 Å². The van der Waals surface area contributed by atoms with Gasteiger partial charge < -0.3 is 81.4 Å². The number of aliphatic imine (C=N–C) groups is 2. The summed E-state index contributed by atoms with van der Waals surface area (Å²) in [6.45, 7) is 5.38. The van der Waals surface area contributed by atoms with E-state index in [1.54, 1.807) is 83.0 Å². The first kappa shape index (κ1) is 55.4. The molecule has 0 aliphatic rings. The molecule has 6 aromatic heterocycles. The molecule has 12 N–H and O–H groups in total. The fourth-order valence-corrected chi connectivity index (χ4v) is 7.37. The van der Waals surface area contributed by atoms with Crippen LogP contribution in [0.1, 0.15) is 84.7 Å². The minimum Gasteiger partial charge on any atom is -0.382 e. The largest absolute Gasteiger partial charge is 0.382 e. The van der Waals surface area contributed by atoms with Gasteiger partial charge in [0.05, 0.1) is 28.8 Å². The molecule has 0 fully saturated rings. The number of anilines is 5. The summed E-state index contributed by atoms with van der Waals surface area (Å²) >= 11 is 0. The molecule has 29 nitrogen and oxygen atoms in total. The number of rotatable bonds is 23. The molecule has 0 spiro atoms. The molecule has 0 saturated heterocycles. The molecule has 0 unspecified atom stereocenters. The third-order valence-corrected chi connectivity index (χ3v) is 11.1. The molecule has 6 heterocycles. The fourth-order valence-electron chi connectivity index (χ4n) is 7.37. The molecule has 0 radical (unpaired) electrons. The van der Waals surface area contributed by atoms with E-state index >= 15 is 0 Å². The van der Waals surface area contributed by atoms with Crippen molar-refractivity contribution in [1.82, 2.24) is 58.3 Å². The number of nitrogens with zero attached hydrogens (tertiary/aromatic N) is 11. The highest BCUT2D eigenvalue weighted by atomic mass is 16.2. The summed E-state index contributed by atoms with van der Waals surface area (Å²) < 4.78 is 9.06. The number of hydrogen-bond acceptors (Lipinski definition) is 14. The number of hydrogen-bond donors (Lipinski definition) is 10. The number of nitrogens with one attached hydrogen (secondary N) is 8. The normalized spacial score (nSPS) is 11.7. The first-order valence-corrected chi connectivity index (χ1v) is 23.3. The predicted molar refractivity (Wildman–Crippen MR) is 281 cm³/mol. The van der Waals surface area contributed by atoms with Gasteiger partial charge in [0.15, 0.2) is 17.5 Å². The lowest BCUT2D eigenvalue weighted by Gasteiger charge is -2.12. The van der Waals surface area contributed by atoms with E-state index < -0.39 is 47.4 Å². The van der Waals surface area contributed by atoms with Gasteiger partial charge in [-0.15, -0.1) is 0 Å². The second kappa shape index (κ2) is 24.7. The van der Waals surface area contributed by atoms with Gasteiger partial charge in [0.25, 0.3) is 29.5 Å². The molecule has 0 aliphatic heterocycles. The Morgan fingerprint density at radius 2 is 1.07 bits per heavy atom. The lowest BCUT2D eigenvalue weighted by Crippen LogP contribution is -2.39. The third kappa shape index (κ3) is 14.4. The Kier molecular flexibility index (Phi) is 18.0. The molecule has 400 valence electrons. The minimum absolute atomic E-state index is 0.00123. The van der Waals surface area contributed by atoms with Crippen LogP contribution >= 0.6 is 0 Å². The van der Waals surface area contributed by atoms with Gasteiger partial charge in [-0.1, -0.05) is 6.58 Å². The molecule has 29 heteroatoms. The summed E-state index contributed by atoms with van der Waals surface area (Å²) in [4.78, 5) is 124. The molecular formula is C47H59N21O8. The predicted octanol–water partition coefficient (Wildman–Crippen LogP) is 0.278. The second-order valence-corrected chi connectivity index (χ2v) is 17.1. The number of amides is 8. The Balaban J connectivity index is 0.889. The zero-order valence-corrected chi connectivity index (χ0v) is 42.7. The van der Waals surface area contributed by atoms with Crippen LogP contribution in [0, 0.1) is 0 Å². The van der Waals surface area contributed by atoms with Crippen molar-refractivity contribution >= 4 is 88.0 Å². The van der Waals surface area contributed by atoms with Crippen LogP contribution in [0.15, 0.2) is 84.0 Å². The van der Waals surface area contributed by atoms with Gasteiger partial charge in [-0.2, -0.15) is 0 Å². The number of imidazole rings is 3. The van der Waals surface area contributed by atoms with Gasteiger partial charge in [0, 0.05) is 124 Å². The van der Waals surface area contributed by atoms with Crippen molar-refractivity contribution in [1.29, 1.82) is 0 Å². The van der Waals surface area contributed by atoms with Crippen molar-refractivity contribution in [2.24, 2.45) is 63.7 Å². The lowest BCUT2D eigenvalue weighted by molar-refractivity contribution is -0.118. The molecule has 0 bridgehead atoms. The highest BCUT2D eigenvalue weighted by molar-refractivity contribution is 6.05. The molecule has 8 amide bonds. The summed E-state index contributed by atoms with van der Waals surface area (Å²) in [5, 5.41) is 21.3. The zero-order valence-electron chi connectivity index (χ0n) is 42.7. The van der Waals surface area contributed by atoms with E-state index in [1.807, 2.05) is 0 Å². The van der Waals surface area contributed by atoms with E-state index in [0.29, 0.717) is 17.1 Å². The molecule has 1 atom stereocenters. The highest BCUT2D eigenvalue weighted by Crippen LogP contribution is 2.18. The van der Waals surface area contributed by atoms with Gasteiger partial charge in [-0.25, -0.2) is 24.9 Å². The molecular weight excluding hydrogens is 987 g/mol. The van der Waals surface area contributed by atoms with Gasteiger partial charge in [-0.05, 0) is 31.5 Å². The Labute approximate surface area is 434 Å². The molecule has 6 rings (SSSR count). The maximum Gasteiger partial charge on any atom is 0.291 e. The number of carbonyl (C=O) groups excluding carboxylic acids is 8. The Bertz CT molecular complexity index is 3270. The van der Waals surface area contributed by atoms with Gasteiger partial charge in [0.1, 0.15) is 23.0 Å². The standard InChI is InChI=1S/C47H59N21O8/c1-9-50-26(2)55-38(49)31-18-27(21-64(31)4)56-36(69)11-15-54-45(74)40-61-35(25-67(40)7)62-42(71)30(48)10-13-52-43(72)32-20-29(23-66(32)6)58-47(76)41-60-34(24-68(41)8)59-37(70)12-14-53-44(73)33-19-28(22-65(33)5)57-46(75)39-51-16-17-63(39)3/h9,16-25,30H,2,10-15,48H2,1,3-8H3,(H2,49,55)(H,52,72)(H,53,73)(H,54,74)(H,56,69)(H,57,75)(H,58,76)(H,59,70)(H,62,71)/t30-/m1/s1. The average molecular weight is 1050 g/mol. The van der Waals surface area contributed by atoms with Crippen LogP contribution in [0.25, 0.3) is 0 Å². The van der Waals surface area contributed by atoms with Crippen LogP contribution in [-0.4, -0.2) is 127 Å². The summed E-state index contributed by atoms with van der Waals surface area (Å²) in [7, 11) is 9.76. The van der Waals surface area contributed by atoms with E-state index in [4.69, 9.17) is 11.5 Å². The number of amidine groups is 1. The first-order valence-electron chi connectivity index (χ1n) is 23.3. The van der Waals surface area contributed by atoms with Crippen LogP contribution in [-0.2, 0) is 56.7 Å². The number of nitrogens with two attached hydrogens (primary N) is 2. The maximum atomic E-state index is 13.2. The van der Waals surface area contributed by atoms with Crippen LogP contribution in [0.2, 0.25) is 0 Å². The Hall–Kier alpha value is -9.93. The summed E-state index contributed by atoms with van der Waals surface area (Å²) in [5.74, 6) is -3.52. The molecule has 6 aromatic rings. The molecule has 0 aromatic carbocycles. The number of carbonyl (C=O) groups is 8. The molecule has 0 aliphatic carbocycles. The zero-order chi connectivity index (χ0) is 55.4. The van der Waals surface area contributed by atoms with Crippen molar-refractivity contribution in [2.75, 3.05) is 46.2 Å². The second-order valence-electron chi connectivity index (χ2n) is 17.1. The first-order chi connectivity index (χ1) is 36.1. The summed E-state index contributed by atoms with van der Waals surface area (Å²) in [5.41, 5.74) is 14.3. The van der Waals surface area contributed by atoms with Crippen molar-refractivity contribution in [2.45, 2.75) is 32.2 Å². The van der Waals surface area contributed by atoms with Crippen molar-refractivity contribution in [3.8, 4) is 0 Å². The SMILES string of the molecule is C=C(N=CC)N=C(N)c1cc(NC(=O)CCNC(=O)c2nc(NC(=O)[C@H](N)CCNC(=O)c3cc(NC(=O)c4nc(NC(=O)CCNC(=O)c5cc(NC(=O)c6nccn6C)cn5C)cn4C)cn3C)cn2C)cn1C. The van der Waals surface area contributed by atoms with Crippen molar-refractivity contribution in [3.05, 3.63) is 109 Å². The molecule has 0 saturated carbocycles. The topological polar surface area (TPSA) is 378 Å². The fraction of sp³-hybridized carbons (Fsp3) is 0.298.